The van der Waals surface area contributed by atoms with Crippen LogP contribution in [0, 0.1) is 5.92 Å². The van der Waals surface area contributed by atoms with Crippen molar-refractivity contribution in [3.05, 3.63) is 22.2 Å². The molecule has 1 aromatic carbocycles. The van der Waals surface area contributed by atoms with Crippen LogP contribution in [-0.4, -0.2) is 18.4 Å². The lowest BCUT2D eigenvalue weighted by Crippen LogP contribution is -2.36. The molecule has 1 heterocycles. The van der Waals surface area contributed by atoms with E-state index in [9.17, 15) is 9.59 Å². The van der Waals surface area contributed by atoms with Gasteiger partial charge in [0, 0.05) is 23.9 Å². The van der Waals surface area contributed by atoms with Crippen LogP contribution in [0.1, 0.15) is 44.6 Å². The molecule has 0 spiro atoms. The minimum Gasteiger partial charge on any atom is -0.324 e. The third-order valence-corrected chi connectivity index (χ3v) is 5.02. The summed E-state index contributed by atoms with van der Waals surface area (Å²) in [5.74, 6) is 0.262. The molecular formula is C17H21BrN2O2. The zero-order valence-corrected chi connectivity index (χ0v) is 14.4. The zero-order chi connectivity index (χ0) is 15.7. The van der Waals surface area contributed by atoms with E-state index in [2.05, 4.69) is 27.3 Å². The van der Waals surface area contributed by atoms with E-state index in [1.165, 1.54) is 13.3 Å². The summed E-state index contributed by atoms with van der Waals surface area (Å²) in [4.78, 5) is 26.3. The third kappa shape index (κ3) is 3.05. The molecule has 3 rings (SSSR count). The second-order valence-corrected chi connectivity index (χ2v) is 7.13. The second-order valence-electron chi connectivity index (χ2n) is 6.22. The first kappa shape index (κ1) is 15.5. The molecule has 22 heavy (non-hydrogen) atoms. The van der Waals surface area contributed by atoms with Crippen LogP contribution < -0.4 is 10.2 Å². The average molecular weight is 365 g/mol. The van der Waals surface area contributed by atoms with E-state index in [0.29, 0.717) is 6.54 Å². The molecule has 1 fully saturated rings. The van der Waals surface area contributed by atoms with Crippen LogP contribution in [0.2, 0.25) is 0 Å². The van der Waals surface area contributed by atoms with Crippen LogP contribution in [0.3, 0.4) is 0 Å². The summed E-state index contributed by atoms with van der Waals surface area (Å²) in [5.41, 5.74) is 2.76. The number of anilines is 2. The Kier molecular flexibility index (Phi) is 4.52. The van der Waals surface area contributed by atoms with Crippen LogP contribution in [-0.2, 0) is 16.0 Å². The number of fused-ring (bicyclic) bond motifs is 1. The number of nitrogens with zero attached hydrogens (tertiary/aromatic N) is 1. The van der Waals surface area contributed by atoms with Crippen molar-refractivity contribution in [2.24, 2.45) is 5.92 Å². The number of halogens is 1. The molecule has 1 aromatic rings. The van der Waals surface area contributed by atoms with Crippen LogP contribution >= 0.6 is 15.9 Å². The number of hydrogen-bond donors (Lipinski definition) is 1. The van der Waals surface area contributed by atoms with Crippen molar-refractivity contribution in [3.63, 3.8) is 0 Å². The standard InChI is InChI=1S/C17H21BrN2O2/c1-11(21)19-15-10-14(18)9-13-7-8-20(16(13)15)17(22)12-5-3-2-4-6-12/h9-10,12H,2-8H2,1H3,(H,19,21). The summed E-state index contributed by atoms with van der Waals surface area (Å²) in [7, 11) is 0. The summed E-state index contributed by atoms with van der Waals surface area (Å²) >= 11 is 3.48. The first-order chi connectivity index (χ1) is 10.6. The lowest BCUT2D eigenvalue weighted by atomic mass is 9.88. The average Bonchev–Trinajstić information content (AvgIpc) is 2.90. The van der Waals surface area contributed by atoms with Gasteiger partial charge in [-0.25, -0.2) is 0 Å². The molecule has 2 amide bonds. The Morgan fingerprint density at radius 1 is 1.23 bits per heavy atom. The predicted molar refractivity (Wildman–Crippen MR) is 91.1 cm³/mol. The molecule has 5 heteroatoms. The Hall–Kier alpha value is -1.36. The Morgan fingerprint density at radius 3 is 2.64 bits per heavy atom. The maximum atomic E-state index is 12.9. The number of hydrogen-bond acceptors (Lipinski definition) is 2. The molecule has 4 nitrogen and oxygen atoms in total. The summed E-state index contributed by atoms with van der Waals surface area (Å²) in [6, 6.07) is 3.93. The van der Waals surface area contributed by atoms with Gasteiger partial charge in [0.25, 0.3) is 0 Å². The molecule has 1 aliphatic carbocycles. The van der Waals surface area contributed by atoms with Gasteiger partial charge in [-0.3, -0.25) is 9.59 Å². The van der Waals surface area contributed by atoms with Crippen LogP contribution in [0.25, 0.3) is 0 Å². The minimum atomic E-state index is -0.114. The lowest BCUT2D eigenvalue weighted by Gasteiger charge is -2.28. The monoisotopic (exact) mass is 364 g/mol. The fourth-order valence-electron chi connectivity index (χ4n) is 3.58. The van der Waals surface area contributed by atoms with E-state index >= 15 is 0 Å². The summed E-state index contributed by atoms with van der Waals surface area (Å²) < 4.78 is 0.932. The molecule has 118 valence electrons. The van der Waals surface area contributed by atoms with Gasteiger partial charge < -0.3 is 10.2 Å². The first-order valence-corrected chi connectivity index (χ1v) is 8.77. The van der Waals surface area contributed by atoms with Gasteiger partial charge >= 0.3 is 0 Å². The second kappa shape index (κ2) is 6.41. The molecular weight excluding hydrogens is 344 g/mol. The molecule has 0 saturated heterocycles. The summed E-state index contributed by atoms with van der Waals surface area (Å²) in [6.45, 7) is 2.21. The van der Waals surface area contributed by atoms with E-state index in [0.717, 1.165) is 53.5 Å². The number of amides is 2. The topological polar surface area (TPSA) is 49.4 Å². The van der Waals surface area contributed by atoms with Crippen molar-refractivity contribution in [3.8, 4) is 0 Å². The van der Waals surface area contributed by atoms with Gasteiger partial charge in [0.15, 0.2) is 0 Å². The van der Waals surface area contributed by atoms with Crippen LogP contribution in [0.5, 0.6) is 0 Å². The highest BCUT2D eigenvalue weighted by atomic mass is 79.9. The molecule has 1 saturated carbocycles. The molecule has 1 N–H and O–H groups in total. The van der Waals surface area contributed by atoms with E-state index in [-0.39, 0.29) is 17.7 Å². The van der Waals surface area contributed by atoms with Crippen molar-refractivity contribution < 1.29 is 9.59 Å². The third-order valence-electron chi connectivity index (χ3n) is 4.56. The Morgan fingerprint density at radius 2 is 1.95 bits per heavy atom. The predicted octanol–water partition coefficient (Wildman–Crippen LogP) is 3.88. The van der Waals surface area contributed by atoms with Gasteiger partial charge in [0.05, 0.1) is 11.4 Å². The number of carbonyl (C=O) groups excluding carboxylic acids is 2. The fraction of sp³-hybridized carbons (Fsp3) is 0.529. The quantitative estimate of drug-likeness (QED) is 0.865. The van der Waals surface area contributed by atoms with Gasteiger partial charge in [-0.15, -0.1) is 0 Å². The van der Waals surface area contributed by atoms with Crippen LogP contribution in [0.4, 0.5) is 11.4 Å². The van der Waals surface area contributed by atoms with Gasteiger partial charge in [-0.05, 0) is 37.0 Å². The minimum absolute atomic E-state index is 0.114. The molecule has 0 radical (unpaired) electrons. The summed E-state index contributed by atoms with van der Waals surface area (Å²) in [6.07, 6.45) is 6.38. The number of carbonyl (C=O) groups is 2. The van der Waals surface area contributed by atoms with Gasteiger partial charge in [-0.1, -0.05) is 35.2 Å². The molecule has 2 aliphatic rings. The molecule has 0 aromatic heterocycles. The first-order valence-electron chi connectivity index (χ1n) is 7.97. The Labute approximate surface area is 139 Å². The summed E-state index contributed by atoms with van der Waals surface area (Å²) in [5, 5.41) is 2.87. The number of rotatable bonds is 2. The number of nitrogens with one attached hydrogen (secondary N) is 1. The van der Waals surface area contributed by atoms with E-state index in [4.69, 9.17) is 0 Å². The smallest absolute Gasteiger partial charge is 0.230 e. The normalized spacial score (nSPS) is 18.2. The number of benzene rings is 1. The van der Waals surface area contributed by atoms with Crippen molar-refractivity contribution >= 4 is 39.1 Å². The van der Waals surface area contributed by atoms with E-state index in [1.807, 2.05) is 11.0 Å². The van der Waals surface area contributed by atoms with Crippen molar-refractivity contribution in [1.29, 1.82) is 0 Å². The highest BCUT2D eigenvalue weighted by Gasteiger charge is 2.33. The molecule has 1 aliphatic heterocycles. The van der Waals surface area contributed by atoms with Gasteiger partial charge in [0.1, 0.15) is 0 Å². The van der Waals surface area contributed by atoms with Crippen molar-refractivity contribution in [1.82, 2.24) is 0 Å². The Balaban J connectivity index is 1.92. The van der Waals surface area contributed by atoms with E-state index < -0.39 is 0 Å². The van der Waals surface area contributed by atoms with E-state index in [1.54, 1.807) is 0 Å². The molecule has 0 atom stereocenters. The maximum Gasteiger partial charge on any atom is 0.230 e. The van der Waals surface area contributed by atoms with Crippen molar-refractivity contribution in [2.45, 2.75) is 45.4 Å². The van der Waals surface area contributed by atoms with Gasteiger partial charge in [-0.2, -0.15) is 0 Å². The fourth-order valence-corrected chi connectivity index (χ4v) is 4.09. The van der Waals surface area contributed by atoms with Gasteiger partial charge in [0.2, 0.25) is 11.8 Å². The highest BCUT2D eigenvalue weighted by molar-refractivity contribution is 9.10. The Bertz CT molecular complexity index is 609. The maximum absolute atomic E-state index is 12.9. The van der Waals surface area contributed by atoms with Crippen LogP contribution in [0.15, 0.2) is 16.6 Å². The van der Waals surface area contributed by atoms with Crippen molar-refractivity contribution in [2.75, 3.05) is 16.8 Å². The molecule has 0 unspecified atom stereocenters. The largest absolute Gasteiger partial charge is 0.324 e. The zero-order valence-electron chi connectivity index (χ0n) is 12.8. The lowest BCUT2D eigenvalue weighted by molar-refractivity contribution is -0.123. The molecule has 0 bridgehead atoms. The highest BCUT2D eigenvalue weighted by Crippen LogP contribution is 2.40. The SMILES string of the molecule is CC(=O)Nc1cc(Br)cc2c1N(C(=O)C1CCCCC1)CC2.